The van der Waals surface area contributed by atoms with Gasteiger partial charge in [-0.3, -0.25) is 5.10 Å². The number of benzene rings is 1. The van der Waals surface area contributed by atoms with E-state index in [4.69, 9.17) is 0 Å². The van der Waals surface area contributed by atoms with Crippen molar-refractivity contribution in [3.8, 4) is 11.3 Å². The van der Waals surface area contributed by atoms with Crippen LogP contribution in [0.5, 0.6) is 0 Å². The van der Waals surface area contributed by atoms with Gasteiger partial charge in [-0.25, -0.2) is 4.39 Å². The zero-order valence-electron chi connectivity index (χ0n) is 9.28. The molecule has 0 unspecified atom stereocenters. The fourth-order valence-electron chi connectivity index (χ4n) is 1.99. The number of hydrogen-bond donors (Lipinski definition) is 2. The Hall–Kier alpha value is -1.68. The lowest BCUT2D eigenvalue weighted by Crippen LogP contribution is -2.10. The fourth-order valence-corrected chi connectivity index (χ4v) is 1.99. The highest BCUT2D eigenvalue weighted by Crippen LogP contribution is 2.39. The molecular weight excluding hydrogens is 219 g/mol. The minimum absolute atomic E-state index is 0.254. The van der Waals surface area contributed by atoms with Gasteiger partial charge in [0.25, 0.3) is 0 Å². The average Bonchev–Trinajstić information content (AvgIpc) is 2.86. The Morgan fingerprint density at radius 1 is 1.29 bits per heavy atom. The van der Waals surface area contributed by atoms with E-state index < -0.39 is 5.60 Å². The minimum Gasteiger partial charge on any atom is -0.390 e. The normalized spacial score (nSPS) is 17.1. The van der Waals surface area contributed by atoms with Gasteiger partial charge >= 0.3 is 0 Å². The number of aromatic nitrogens is 2. The van der Waals surface area contributed by atoms with Gasteiger partial charge in [0.15, 0.2) is 0 Å². The molecule has 0 bridgehead atoms. The van der Waals surface area contributed by atoms with Gasteiger partial charge in [0.1, 0.15) is 5.82 Å². The molecule has 1 saturated carbocycles. The molecule has 4 heteroatoms. The molecule has 1 aliphatic rings. The molecular formula is C13H13FN2O. The molecule has 88 valence electrons. The Balaban J connectivity index is 1.92. The van der Waals surface area contributed by atoms with Gasteiger partial charge in [0, 0.05) is 17.5 Å². The number of rotatable bonds is 3. The molecule has 1 heterocycles. The summed E-state index contributed by atoms with van der Waals surface area (Å²) in [5.74, 6) is -0.254. The summed E-state index contributed by atoms with van der Waals surface area (Å²) in [6.07, 6.45) is 4.03. The van der Waals surface area contributed by atoms with Gasteiger partial charge < -0.3 is 5.11 Å². The van der Waals surface area contributed by atoms with Crippen LogP contribution in [-0.4, -0.2) is 20.9 Å². The highest BCUT2D eigenvalue weighted by Gasteiger charge is 2.40. The summed E-state index contributed by atoms with van der Waals surface area (Å²) in [5, 5.41) is 16.8. The number of H-pyrrole nitrogens is 1. The summed E-state index contributed by atoms with van der Waals surface area (Å²) in [6.45, 7) is 0. The monoisotopic (exact) mass is 232 g/mol. The predicted molar refractivity (Wildman–Crippen MR) is 61.9 cm³/mol. The first-order chi connectivity index (χ1) is 8.16. The van der Waals surface area contributed by atoms with Crippen molar-refractivity contribution in [3.63, 3.8) is 0 Å². The Kier molecular flexibility index (Phi) is 2.26. The van der Waals surface area contributed by atoms with Crippen molar-refractivity contribution in [2.45, 2.75) is 24.9 Å². The van der Waals surface area contributed by atoms with Gasteiger partial charge in [0.05, 0.1) is 17.5 Å². The van der Waals surface area contributed by atoms with E-state index in [1.165, 1.54) is 12.1 Å². The van der Waals surface area contributed by atoms with Gasteiger partial charge in [-0.05, 0) is 37.1 Å². The van der Waals surface area contributed by atoms with E-state index in [1.54, 1.807) is 18.3 Å². The van der Waals surface area contributed by atoms with Crippen LogP contribution in [0.3, 0.4) is 0 Å². The van der Waals surface area contributed by atoms with E-state index in [9.17, 15) is 9.50 Å². The predicted octanol–water partition coefficient (Wildman–Crippen LogP) is 2.28. The molecule has 1 aromatic heterocycles. The molecule has 0 atom stereocenters. The molecule has 3 rings (SSSR count). The SMILES string of the molecule is OC1(Cc2cn[nH]c2-c2ccc(F)cc2)CC1. The van der Waals surface area contributed by atoms with Gasteiger partial charge in [0.2, 0.25) is 0 Å². The highest BCUT2D eigenvalue weighted by atomic mass is 19.1. The fraction of sp³-hybridized carbons (Fsp3) is 0.308. The lowest BCUT2D eigenvalue weighted by molar-refractivity contribution is 0.151. The zero-order chi connectivity index (χ0) is 11.9. The molecule has 3 nitrogen and oxygen atoms in total. The standard InChI is InChI=1S/C13H13FN2O/c14-11-3-1-9(2-4-11)12-10(8-15-16-12)7-13(17)5-6-13/h1-4,8,17H,5-7H2,(H,15,16). The first-order valence-corrected chi connectivity index (χ1v) is 5.67. The molecule has 2 aromatic rings. The first-order valence-electron chi connectivity index (χ1n) is 5.67. The average molecular weight is 232 g/mol. The Morgan fingerprint density at radius 3 is 2.65 bits per heavy atom. The summed E-state index contributed by atoms with van der Waals surface area (Å²) < 4.78 is 12.8. The second-order valence-electron chi connectivity index (χ2n) is 4.68. The van der Waals surface area contributed by atoms with Crippen LogP contribution in [0.15, 0.2) is 30.5 Å². The van der Waals surface area contributed by atoms with Crippen LogP contribution in [0.25, 0.3) is 11.3 Å². The molecule has 17 heavy (non-hydrogen) atoms. The van der Waals surface area contributed by atoms with Crippen LogP contribution in [0.4, 0.5) is 4.39 Å². The largest absolute Gasteiger partial charge is 0.390 e. The lowest BCUT2D eigenvalue weighted by Gasteiger charge is -2.07. The molecule has 2 N–H and O–H groups in total. The summed E-state index contributed by atoms with van der Waals surface area (Å²) in [7, 11) is 0. The van der Waals surface area contributed by atoms with E-state index in [0.717, 1.165) is 29.7 Å². The van der Waals surface area contributed by atoms with Crippen molar-refractivity contribution in [3.05, 3.63) is 41.8 Å². The van der Waals surface area contributed by atoms with E-state index in [2.05, 4.69) is 10.2 Å². The van der Waals surface area contributed by atoms with Crippen LogP contribution < -0.4 is 0 Å². The molecule has 0 aliphatic heterocycles. The Bertz CT molecular complexity index is 529. The number of aliphatic hydroxyl groups is 1. The van der Waals surface area contributed by atoms with Crippen LogP contribution in [0, 0.1) is 5.82 Å². The topological polar surface area (TPSA) is 48.9 Å². The second-order valence-corrected chi connectivity index (χ2v) is 4.68. The van der Waals surface area contributed by atoms with Crippen LogP contribution in [0.1, 0.15) is 18.4 Å². The van der Waals surface area contributed by atoms with Crippen molar-refractivity contribution in [1.29, 1.82) is 0 Å². The first kappa shape index (κ1) is 10.5. The molecule has 0 amide bonds. The highest BCUT2D eigenvalue weighted by molar-refractivity contribution is 5.62. The smallest absolute Gasteiger partial charge is 0.123 e. The molecule has 0 saturated heterocycles. The van der Waals surface area contributed by atoms with Gasteiger partial charge in [-0.1, -0.05) is 0 Å². The lowest BCUT2D eigenvalue weighted by atomic mass is 10.0. The van der Waals surface area contributed by atoms with Crippen molar-refractivity contribution < 1.29 is 9.50 Å². The quantitative estimate of drug-likeness (QED) is 0.853. The van der Waals surface area contributed by atoms with Crippen LogP contribution in [0.2, 0.25) is 0 Å². The van der Waals surface area contributed by atoms with E-state index in [-0.39, 0.29) is 5.82 Å². The minimum atomic E-state index is -0.543. The van der Waals surface area contributed by atoms with Crippen molar-refractivity contribution in [2.75, 3.05) is 0 Å². The van der Waals surface area contributed by atoms with Crippen molar-refractivity contribution >= 4 is 0 Å². The summed E-state index contributed by atoms with van der Waals surface area (Å²) in [5.41, 5.74) is 2.20. The maximum absolute atomic E-state index is 12.8. The van der Waals surface area contributed by atoms with E-state index in [0.29, 0.717) is 6.42 Å². The van der Waals surface area contributed by atoms with Crippen molar-refractivity contribution in [2.24, 2.45) is 0 Å². The molecule has 0 radical (unpaired) electrons. The molecule has 0 spiro atoms. The summed E-state index contributed by atoms with van der Waals surface area (Å²) >= 11 is 0. The van der Waals surface area contributed by atoms with Crippen LogP contribution >= 0.6 is 0 Å². The number of aromatic amines is 1. The molecule has 1 aromatic carbocycles. The van der Waals surface area contributed by atoms with E-state index >= 15 is 0 Å². The van der Waals surface area contributed by atoms with Gasteiger partial charge in [-0.15, -0.1) is 0 Å². The maximum Gasteiger partial charge on any atom is 0.123 e. The van der Waals surface area contributed by atoms with Crippen LogP contribution in [-0.2, 0) is 6.42 Å². The molecule has 1 aliphatic carbocycles. The Labute approximate surface area is 98.3 Å². The summed E-state index contributed by atoms with van der Waals surface area (Å²) in [6, 6.07) is 6.27. The third-order valence-corrected chi connectivity index (χ3v) is 3.20. The second kappa shape index (κ2) is 3.67. The zero-order valence-corrected chi connectivity index (χ0v) is 9.28. The van der Waals surface area contributed by atoms with Gasteiger partial charge in [-0.2, -0.15) is 5.10 Å². The third-order valence-electron chi connectivity index (χ3n) is 3.20. The number of nitrogens with zero attached hydrogens (tertiary/aromatic N) is 1. The maximum atomic E-state index is 12.8. The number of halogens is 1. The third kappa shape index (κ3) is 2.08. The van der Waals surface area contributed by atoms with E-state index in [1.807, 2.05) is 0 Å². The summed E-state index contributed by atoms with van der Waals surface area (Å²) in [4.78, 5) is 0. The number of hydrogen-bond acceptors (Lipinski definition) is 2. The van der Waals surface area contributed by atoms with Crippen molar-refractivity contribution in [1.82, 2.24) is 10.2 Å². The number of nitrogens with one attached hydrogen (secondary N) is 1. The Morgan fingerprint density at radius 2 is 2.00 bits per heavy atom. The molecule has 1 fully saturated rings.